The quantitative estimate of drug-likeness (QED) is 0.754. The van der Waals surface area contributed by atoms with Crippen LogP contribution in [-0.4, -0.2) is 56.3 Å². The standard InChI is InChI=1S/C22H26N3O3S/c23-22(26)21-11-5-4-7-17(21)8-6-12-24-13-18-15-25(16-19(18)14-24)29(27,28)20-9-2-1-3-10-20/h1-5,7-11,18-19H,6,12-16H2,(H2,23,26)/t18-,19?/m0/s1. The van der Waals surface area contributed by atoms with Crippen molar-refractivity contribution in [3.63, 3.8) is 0 Å². The molecule has 0 bridgehead atoms. The lowest BCUT2D eigenvalue weighted by atomic mass is 10.0. The zero-order valence-corrected chi connectivity index (χ0v) is 17.1. The molecule has 6 nitrogen and oxygen atoms in total. The van der Waals surface area contributed by atoms with Crippen molar-refractivity contribution in [2.75, 3.05) is 32.7 Å². The number of fused-ring (bicyclic) bond motifs is 1. The number of nitrogens with two attached hydrogens (primary N) is 1. The Labute approximate surface area is 172 Å². The number of primary amides is 1. The van der Waals surface area contributed by atoms with Gasteiger partial charge in [0.25, 0.3) is 0 Å². The second-order valence-electron chi connectivity index (χ2n) is 7.86. The van der Waals surface area contributed by atoms with Crippen LogP contribution in [0.2, 0.25) is 0 Å². The average Bonchev–Trinajstić information content (AvgIpc) is 3.28. The lowest BCUT2D eigenvalue weighted by molar-refractivity contribution is 0.0999. The van der Waals surface area contributed by atoms with Gasteiger partial charge in [0, 0.05) is 31.7 Å². The van der Waals surface area contributed by atoms with E-state index in [4.69, 9.17) is 5.73 Å². The summed E-state index contributed by atoms with van der Waals surface area (Å²) in [6.07, 6.45) is 2.89. The van der Waals surface area contributed by atoms with Crippen molar-refractivity contribution in [1.29, 1.82) is 0 Å². The fourth-order valence-electron chi connectivity index (χ4n) is 4.47. The molecule has 1 radical (unpaired) electrons. The van der Waals surface area contributed by atoms with Crippen LogP contribution in [0.3, 0.4) is 0 Å². The topological polar surface area (TPSA) is 83.7 Å². The van der Waals surface area contributed by atoms with Crippen LogP contribution in [0.4, 0.5) is 0 Å². The van der Waals surface area contributed by atoms with Crippen molar-refractivity contribution in [2.45, 2.75) is 11.3 Å². The number of benzene rings is 2. The van der Waals surface area contributed by atoms with Crippen molar-refractivity contribution in [1.82, 2.24) is 9.21 Å². The highest BCUT2D eigenvalue weighted by atomic mass is 32.2. The van der Waals surface area contributed by atoms with Crippen LogP contribution in [0.5, 0.6) is 0 Å². The van der Waals surface area contributed by atoms with Crippen molar-refractivity contribution in [2.24, 2.45) is 17.6 Å². The van der Waals surface area contributed by atoms with E-state index in [0.717, 1.165) is 31.6 Å². The minimum absolute atomic E-state index is 0.375. The van der Waals surface area contributed by atoms with Gasteiger partial charge >= 0.3 is 0 Å². The summed E-state index contributed by atoms with van der Waals surface area (Å²) in [5.41, 5.74) is 6.86. The lowest BCUT2D eigenvalue weighted by Crippen LogP contribution is -2.33. The number of carbonyl (C=O) groups is 1. The number of hydrogen-bond donors (Lipinski definition) is 1. The van der Waals surface area contributed by atoms with Crippen LogP contribution in [-0.2, 0) is 10.0 Å². The third kappa shape index (κ3) is 4.22. The van der Waals surface area contributed by atoms with Gasteiger partial charge in [-0.15, -0.1) is 0 Å². The molecule has 2 aliphatic rings. The predicted octanol–water partition coefficient (Wildman–Crippen LogP) is 1.98. The molecule has 0 aliphatic carbocycles. The number of rotatable bonds is 7. The van der Waals surface area contributed by atoms with Gasteiger partial charge in [-0.25, -0.2) is 8.42 Å². The molecule has 2 fully saturated rings. The summed E-state index contributed by atoms with van der Waals surface area (Å²) in [6.45, 7) is 3.90. The molecular formula is C22H26N3O3S. The van der Waals surface area contributed by atoms with Crippen LogP contribution < -0.4 is 5.73 Å². The summed E-state index contributed by atoms with van der Waals surface area (Å²) in [4.78, 5) is 14.3. The Morgan fingerprint density at radius 3 is 2.24 bits per heavy atom. The summed E-state index contributed by atoms with van der Waals surface area (Å²) in [5.74, 6) is 0.352. The van der Waals surface area contributed by atoms with E-state index in [1.807, 2.05) is 24.3 Å². The number of hydrogen-bond acceptors (Lipinski definition) is 4. The van der Waals surface area contributed by atoms with Crippen molar-refractivity contribution < 1.29 is 13.2 Å². The van der Waals surface area contributed by atoms with E-state index in [-0.39, 0.29) is 0 Å². The van der Waals surface area contributed by atoms with Gasteiger partial charge < -0.3 is 10.6 Å². The summed E-state index contributed by atoms with van der Waals surface area (Å²) in [5, 5.41) is 0. The smallest absolute Gasteiger partial charge is 0.248 e. The van der Waals surface area contributed by atoms with Gasteiger partial charge in [-0.1, -0.05) is 36.4 Å². The summed E-state index contributed by atoms with van der Waals surface area (Å²) in [6, 6.07) is 16.0. The van der Waals surface area contributed by atoms with Crippen molar-refractivity contribution in [3.8, 4) is 0 Å². The SMILES string of the molecule is NC(=O)c1ccccc1[CH]CCN1CC2CN(S(=O)(=O)c3ccccc3)C[C@@H]2C1. The molecule has 2 aromatic rings. The molecule has 0 saturated carbocycles. The molecule has 2 aliphatic heterocycles. The highest BCUT2D eigenvalue weighted by molar-refractivity contribution is 7.89. The zero-order chi connectivity index (χ0) is 20.4. The largest absolute Gasteiger partial charge is 0.366 e. The first-order valence-electron chi connectivity index (χ1n) is 9.95. The Bertz CT molecular complexity index is 964. The van der Waals surface area contributed by atoms with Gasteiger partial charge in [0.15, 0.2) is 0 Å². The van der Waals surface area contributed by atoms with Gasteiger partial charge in [0.05, 0.1) is 4.90 Å². The van der Waals surface area contributed by atoms with Crippen LogP contribution in [0.15, 0.2) is 59.5 Å². The monoisotopic (exact) mass is 412 g/mol. The molecule has 2 saturated heterocycles. The molecular weight excluding hydrogens is 386 g/mol. The average molecular weight is 413 g/mol. The van der Waals surface area contributed by atoms with E-state index >= 15 is 0 Å². The molecule has 153 valence electrons. The fraction of sp³-hybridized carbons (Fsp3) is 0.364. The molecule has 0 spiro atoms. The number of nitrogens with zero attached hydrogens (tertiary/aromatic N) is 2. The van der Waals surface area contributed by atoms with E-state index in [1.165, 1.54) is 0 Å². The second kappa shape index (κ2) is 8.26. The molecule has 7 heteroatoms. The number of likely N-dealkylation sites (tertiary alicyclic amines) is 1. The van der Waals surface area contributed by atoms with Crippen LogP contribution in [0.25, 0.3) is 0 Å². The first-order chi connectivity index (χ1) is 13.9. The van der Waals surface area contributed by atoms with E-state index < -0.39 is 15.9 Å². The van der Waals surface area contributed by atoms with E-state index in [1.54, 1.807) is 34.6 Å². The Morgan fingerprint density at radius 2 is 1.59 bits per heavy atom. The highest BCUT2D eigenvalue weighted by Gasteiger charge is 2.43. The minimum Gasteiger partial charge on any atom is -0.366 e. The van der Waals surface area contributed by atoms with Gasteiger partial charge in [-0.2, -0.15) is 4.31 Å². The minimum atomic E-state index is -3.40. The molecule has 2 N–H and O–H groups in total. The molecule has 2 heterocycles. The van der Waals surface area contributed by atoms with Crippen molar-refractivity contribution >= 4 is 15.9 Å². The summed E-state index contributed by atoms with van der Waals surface area (Å²) < 4.78 is 27.3. The fourth-order valence-corrected chi connectivity index (χ4v) is 6.04. The Hall–Kier alpha value is -2.22. The first kappa shape index (κ1) is 20.1. The number of amides is 1. The first-order valence-corrected chi connectivity index (χ1v) is 11.4. The second-order valence-corrected chi connectivity index (χ2v) is 9.80. The molecule has 2 atom stereocenters. The maximum Gasteiger partial charge on any atom is 0.248 e. The van der Waals surface area contributed by atoms with E-state index in [2.05, 4.69) is 11.3 Å². The molecule has 4 rings (SSSR count). The number of carbonyl (C=O) groups excluding carboxylic acids is 1. The zero-order valence-electron chi connectivity index (χ0n) is 16.3. The summed E-state index contributed by atoms with van der Waals surface area (Å²) in [7, 11) is -3.40. The van der Waals surface area contributed by atoms with Gasteiger partial charge in [0.2, 0.25) is 15.9 Å². The molecule has 2 aromatic carbocycles. The molecule has 1 unspecified atom stereocenters. The Morgan fingerprint density at radius 1 is 0.966 bits per heavy atom. The number of sulfonamides is 1. The maximum atomic E-state index is 12.8. The molecule has 0 aromatic heterocycles. The van der Waals surface area contributed by atoms with E-state index in [9.17, 15) is 13.2 Å². The molecule has 1 amide bonds. The normalized spacial score (nSPS) is 22.6. The van der Waals surface area contributed by atoms with Crippen LogP contribution in [0.1, 0.15) is 22.3 Å². The van der Waals surface area contributed by atoms with Crippen molar-refractivity contribution in [3.05, 3.63) is 72.1 Å². The summed E-state index contributed by atoms with van der Waals surface area (Å²) >= 11 is 0. The van der Waals surface area contributed by atoms with Gasteiger partial charge in [-0.05, 0) is 55.0 Å². The maximum absolute atomic E-state index is 12.8. The van der Waals surface area contributed by atoms with E-state index in [0.29, 0.717) is 35.4 Å². The van der Waals surface area contributed by atoms with Gasteiger partial charge in [0.1, 0.15) is 0 Å². The Balaban J connectivity index is 1.29. The van der Waals surface area contributed by atoms with Crippen LogP contribution in [0, 0.1) is 18.3 Å². The third-order valence-electron chi connectivity index (χ3n) is 5.95. The third-order valence-corrected chi connectivity index (χ3v) is 7.79. The molecule has 29 heavy (non-hydrogen) atoms. The Kier molecular flexibility index (Phi) is 5.72. The lowest BCUT2D eigenvalue weighted by Gasteiger charge is -2.21. The van der Waals surface area contributed by atoms with Gasteiger partial charge in [-0.3, -0.25) is 4.79 Å². The highest BCUT2D eigenvalue weighted by Crippen LogP contribution is 2.34. The predicted molar refractivity (Wildman–Crippen MR) is 112 cm³/mol. The van der Waals surface area contributed by atoms with Crippen LogP contribution >= 0.6 is 0 Å².